The van der Waals surface area contributed by atoms with E-state index in [1.807, 2.05) is 0 Å². The predicted molar refractivity (Wildman–Crippen MR) is 72.7 cm³/mol. The molecule has 6 nitrogen and oxygen atoms in total. The Balaban J connectivity index is 2.37. The minimum absolute atomic E-state index is 0.0996. The molecule has 0 heterocycles. The zero-order valence-electron chi connectivity index (χ0n) is 10.7. The van der Waals surface area contributed by atoms with Gasteiger partial charge in [0.15, 0.2) is 0 Å². The van der Waals surface area contributed by atoms with Crippen LogP contribution in [-0.2, 0) is 4.74 Å². The van der Waals surface area contributed by atoms with Crippen LogP contribution in [0, 0.1) is 0 Å². The molecule has 0 spiro atoms. The molecule has 0 atom stereocenters. The molecule has 1 amide bonds. The Hall–Kier alpha value is -2.76. The monoisotopic (exact) mass is 277 g/mol. The van der Waals surface area contributed by atoms with Crippen molar-refractivity contribution >= 4 is 12.1 Å². The Kier molecular flexibility index (Phi) is 6.40. The summed E-state index contributed by atoms with van der Waals surface area (Å²) < 4.78 is 9.82. The number of amides is 1. The van der Waals surface area contributed by atoms with Gasteiger partial charge in [0.2, 0.25) is 0 Å². The van der Waals surface area contributed by atoms with Crippen LogP contribution in [0.3, 0.4) is 0 Å². The lowest BCUT2D eigenvalue weighted by Gasteiger charge is -2.05. The Morgan fingerprint density at radius 3 is 2.45 bits per heavy atom. The van der Waals surface area contributed by atoms with Gasteiger partial charge in [0.05, 0.1) is 0 Å². The number of nitrogens with two attached hydrogens (primary N) is 1. The average Bonchev–Trinajstić information content (AvgIpc) is 2.41. The van der Waals surface area contributed by atoms with Gasteiger partial charge >= 0.3 is 12.1 Å². The standard InChI is InChI=1S/C14H15NO5/c15-14(18)20-10-6-2-1-5-9-19-12-8-4-3-7-11(12)13(16)17/h1-8H,9-10H2,(H2,15,18)(H,16,17)/b5-1-,6-2-. The van der Waals surface area contributed by atoms with Crippen molar-refractivity contribution in [3.05, 3.63) is 54.1 Å². The molecule has 0 aromatic heterocycles. The number of carboxylic acids is 1. The molecule has 6 heteroatoms. The maximum absolute atomic E-state index is 10.9. The van der Waals surface area contributed by atoms with Crippen molar-refractivity contribution in [2.24, 2.45) is 5.73 Å². The zero-order chi connectivity index (χ0) is 14.8. The number of hydrogen-bond acceptors (Lipinski definition) is 4. The number of carbonyl (C=O) groups excluding carboxylic acids is 1. The third-order valence-electron chi connectivity index (χ3n) is 2.16. The first-order valence-electron chi connectivity index (χ1n) is 5.80. The van der Waals surface area contributed by atoms with Crippen molar-refractivity contribution < 1.29 is 24.2 Å². The number of hydrogen-bond donors (Lipinski definition) is 2. The van der Waals surface area contributed by atoms with Crippen molar-refractivity contribution in [1.29, 1.82) is 0 Å². The number of para-hydroxylation sites is 1. The molecule has 0 aliphatic heterocycles. The number of primary amides is 1. The summed E-state index contributed by atoms with van der Waals surface area (Å²) in [6, 6.07) is 6.40. The Labute approximate surface area is 116 Å². The number of benzene rings is 1. The molecule has 1 aromatic carbocycles. The molecule has 0 saturated carbocycles. The Bertz CT molecular complexity index is 522. The molecule has 0 aliphatic rings. The molecule has 0 saturated heterocycles. The third-order valence-corrected chi connectivity index (χ3v) is 2.16. The highest BCUT2D eigenvalue weighted by Gasteiger charge is 2.08. The number of rotatable bonds is 7. The largest absolute Gasteiger partial charge is 0.489 e. The van der Waals surface area contributed by atoms with Gasteiger partial charge in [-0.3, -0.25) is 0 Å². The number of carbonyl (C=O) groups is 2. The van der Waals surface area contributed by atoms with Crippen LogP contribution in [0.5, 0.6) is 5.75 Å². The van der Waals surface area contributed by atoms with Gasteiger partial charge in [0.25, 0.3) is 0 Å². The fourth-order valence-electron chi connectivity index (χ4n) is 1.31. The van der Waals surface area contributed by atoms with E-state index in [0.29, 0.717) is 5.75 Å². The molecule has 3 N–H and O–H groups in total. The molecule has 0 unspecified atom stereocenters. The predicted octanol–water partition coefficient (Wildman–Crippen LogP) is 1.97. The van der Waals surface area contributed by atoms with Gasteiger partial charge in [-0.15, -0.1) is 0 Å². The molecule has 106 valence electrons. The Morgan fingerprint density at radius 1 is 1.15 bits per heavy atom. The number of carboxylic acid groups (broad SMARTS) is 1. The van der Waals surface area contributed by atoms with E-state index in [4.69, 9.17) is 15.6 Å². The second kappa shape index (κ2) is 8.36. The van der Waals surface area contributed by atoms with Gasteiger partial charge in [-0.25, -0.2) is 9.59 Å². The molecule has 0 radical (unpaired) electrons. The van der Waals surface area contributed by atoms with Crippen LogP contribution in [0.1, 0.15) is 10.4 Å². The highest BCUT2D eigenvalue weighted by atomic mass is 16.5. The fraction of sp³-hybridized carbons (Fsp3) is 0.143. The summed E-state index contributed by atoms with van der Waals surface area (Å²) in [5.41, 5.74) is 4.89. The second-order valence-electron chi connectivity index (χ2n) is 3.60. The van der Waals surface area contributed by atoms with E-state index in [9.17, 15) is 9.59 Å². The number of allylic oxidation sites excluding steroid dienone is 2. The van der Waals surface area contributed by atoms with E-state index in [2.05, 4.69) is 4.74 Å². The van der Waals surface area contributed by atoms with Crippen LogP contribution < -0.4 is 10.5 Å². The van der Waals surface area contributed by atoms with Crippen LogP contribution in [0.2, 0.25) is 0 Å². The normalized spacial score (nSPS) is 10.8. The lowest BCUT2D eigenvalue weighted by atomic mass is 10.2. The van der Waals surface area contributed by atoms with Crippen LogP contribution in [-0.4, -0.2) is 30.4 Å². The van der Waals surface area contributed by atoms with Gasteiger partial charge < -0.3 is 20.3 Å². The minimum atomic E-state index is -1.03. The Morgan fingerprint density at radius 2 is 1.80 bits per heavy atom. The molecule has 1 aromatic rings. The van der Waals surface area contributed by atoms with Crippen molar-refractivity contribution in [2.75, 3.05) is 13.2 Å². The van der Waals surface area contributed by atoms with E-state index < -0.39 is 12.1 Å². The molecule has 0 bridgehead atoms. The topological polar surface area (TPSA) is 98.9 Å². The molecular weight excluding hydrogens is 262 g/mol. The van der Waals surface area contributed by atoms with Gasteiger partial charge in [0.1, 0.15) is 24.5 Å². The average molecular weight is 277 g/mol. The quantitative estimate of drug-likeness (QED) is 0.742. The third kappa shape index (κ3) is 5.72. The van der Waals surface area contributed by atoms with Crippen LogP contribution in [0.4, 0.5) is 4.79 Å². The molecule has 20 heavy (non-hydrogen) atoms. The van der Waals surface area contributed by atoms with Gasteiger partial charge in [-0.1, -0.05) is 24.3 Å². The molecular formula is C14H15NO5. The van der Waals surface area contributed by atoms with Gasteiger partial charge in [0, 0.05) is 0 Å². The van der Waals surface area contributed by atoms with E-state index in [1.165, 1.54) is 6.07 Å². The summed E-state index contributed by atoms with van der Waals surface area (Å²) in [5.74, 6) is -0.723. The maximum Gasteiger partial charge on any atom is 0.404 e. The molecule has 0 aliphatic carbocycles. The summed E-state index contributed by atoms with van der Waals surface area (Å²) in [6.45, 7) is 0.327. The summed E-state index contributed by atoms with van der Waals surface area (Å²) in [6.07, 6.45) is 5.82. The molecule has 0 fully saturated rings. The first-order valence-corrected chi connectivity index (χ1v) is 5.80. The van der Waals surface area contributed by atoms with Crippen molar-refractivity contribution in [2.45, 2.75) is 0 Å². The van der Waals surface area contributed by atoms with E-state index in [1.54, 1.807) is 42.5 Å². The number of ether oxygens (including phenoxy) is 2. The minimum Gasteiger partial charge on any atom is -0.489 e. The molecule has 1 rings (SSSR count). The van der Waals surface area contributed by atoms with Crippen molar-refractivity contribution in [1.82, 2.24) is 0 Å². The van der Waals surface area contributed by atoms with Gasteiger partial charge in [-0.05, 0) is 24.3 Å². The number of aromatic carboxylic acids is 1. The van der Waals surface area contributed by atoms with E-state index in [-0.39, 0.29) is 18.8 Å². The first-order chi connectivity index (χ1) is 9.61. The van der Waals surface area contributed by atoms with E-state index >= 15 is 0 Å². The lowest BCUT2D eigenvalue weighted by Crippen LogP contribution is -2.12. The lowest BCUT2D eigenvalue weighted by molar-refractivity contribution is 0.0692. The van der Waals surface area contributed by atoms with Crippen LogP contribution in [0.15, 0.2) is 48.6 Å². The highest BCUT2D eigenvalue weighted by molar-refractivity contribution is 5.90. The summed E-state index contributed by atoms with van der Waals surface area (Å²) in [7, 11) is 0. The SMILES string of the molecule is NC(=O)OC/C=C\C=C/COc1ccccc1C(=O)O. The first kappa shape index (κ1) is 15.3. The summed E-state index contributed by atoms with van der Waals surface area (Å²) in [5, 5.41) is 8.95. The smallest absolute Gasteiger partial charge is 0.404 e. The fourth-order valence-corrected chi connectivity index (χ4v) is 1.31. The summed E-state index contributed by atoms with van der Waals surface area (Å²) in [4.78, 5) is 21.2. The second-order valence-corrected chi connectivity index (χ2v) is 3.60. The highest BCUT2D eigenvalue weighted by Crippen LogP contribution is 2.17. The van der Waals surface area contributed by atoms with Gasteiger partial charge in [-0.2, -0.15) is 0 Å². The van der Waals surface area contributed by atoms with E-state index in [0.717, 1.165) is 0 Å². The zero-order valence-corrected chi connectivity index (χ0v) is 10.7. The van der Waals surface area contributed by atoms with Crippen LogP contribution >= 0.6 is 0 Å². The van der Waals surface area contributed by atoms with Crippen molar-refractivity contribution in [3.8, 4) is 5.75 Å². The maximum atomic E-state index is 10.9. The van der Waals surface area contributed by atoms with Crippen LogP contribution in [0.25, 0.3) is 0 Å². The summed E-state index contributed by atoms with van der Waals surface area (Å²) >= 11 is 0. The van der Waals surface area contributed by atoms with Crippen molar-refractivity contribution in [3.63, 3.8) is 0 Å².